The van der Waals surface area contributed by atoms with E-state index < -0.39 is 0 Å². The van der Waals surface area contributed by atoms with Crippen molar-refractivity contribution in [3.05, 3.63) is 54.0 Å². The van der Waals surface area contributed by atoms with Crippen LogP contribution in [0.15, 0.2) is 47.1 Å². The molecule has 25 heavy (non-hydrogen) atoms. The summed E-state index contributed by atoms with van der Waals surface area (Å²) >= 11 is 1.97. The van der Waals surface area contributed by atoms with Gasteiger partial charge in [-0.25, -0.2) is 0 Å². The minimum atomic E-state index is -0.0494. The van der Waals surface area contributed by atoms with Gasteiger partial charge in [0.25, 0.3) is 5.91 Å². The zero-order valence-electron chi connectivity index (χ0n) is 14.8. The van der Waals surface area contributed by atoms with Crippen molar-refractivity contribution in [2.24, 2.45) is 0 Å². The van der Waals surface area contributed by atoms with Crippen LogP contribution in [0, 0.1) is 0 Å². The Kier molecular flexibility index (Phi) is 6.04. The lowest BCUT2D eigenvalue weighted by Gasteiger charge is -2.33. The molecule has 1 unspecified atom stereocenters. The van der Waals surface area contributed by atoms with Gasteiger partial charge in [0.15, 0.2) is 0 Å². The first-order valence-corrected chi connectivity index (χ1v) is 9.71. The molecule has 6 heteroatoms. The minimum absolute atomic E-state index is 0.0494. The number of amides is 1. The SMILES string of the molecule is CN(C)c1cccc(C(=O)NCC(c2ccco2)N2CCSCC2)c1. The van der Waals surface area contributed by atoms with Crippen LogP contribution < -0.4 is 10.2 Å². The summed E-state index contributed by atoms with van der Waals surface area (Å²) < 4.78 is 5.63. The van der Waals surface area contributed by atoms with Crippen LogP contribution in [0.2, 0.25) is 0 Å². The van der Waals surface area contributed by atoms with E-state index >= 15 is 0 Å². The molecule has 1 N–H and O–H groups in total. The first kappa shape index (κ1) is 17.9. The average molecular weight is 359 g/mol. The topological polar surface area (TPSA) is 48.7 Å². The van der Waals surface area contributed by atoms with Crippen LogP contribution >= 0.6 is 11.8 Å². The van der Waals surface area contributed by atoms with Crippen molar-refractivity contribution in [1.82, 2.24) is 10.2 Å². The Bertz CT molecular complexity index is 682. The van der Waals surface area contributed by atoms with Crippen molar-refractivity contribution in [3.63, 3.8) is 0 Å². The molecule has 1 aromatic heterocycles. The number of benzene rings is 1. The second kappa shape index (κ2) is 8.45. The van der Waals surface area contributed by atoms with Gasteiger partial charge < -0.3 is 14.6 Å². The second-order valence-corrected chi connectivity index (χ2v) is 7.56. The molecule has 1 amide bonds. The van der Waals surface area contributed by atoms with E-state index in [4.69, 9.17) is 4.42 Å². The number of rotatable bonds is 6. The summed E-state index contributed by atoms with van der Waals surface area (Å²) in [6.07, 6.45) is 1.70. The van der Waals surface area contributed by atoms with Gasteiger partial charge in [0, 0.05) is 56.5 Å². The van der Waals surface area contributed by atoms with Crippen molar-refractivity contribution in [2.45, 2.75) is 6.04 Å². The molecular weight excluding hydrogens is 334 g/mol. The van der Waals surface area contributed by atoms with Gasteiger partial charge in [-0.15, -0.1) is 0 Å². The van der Waals surface area contributed by atoms with Crippen molar-refractivity contribution >= 4 is 23.4 Å². The molecule has 1 atom stereocenters. The maximum atomic E-state index is 12.6. The van der Waals surface area contributed by atoms with Crippen molar-refractivity contribution in [2.75, 3.05) is 50.1 Å². The van der Waals surface area contributed by atoms with E-state index in [1.54, 1.807) is 6.26 Å². The quantitative estimate of drug-likeness (QED) is 0.859. The first-order chi connectivity index (χ1) is 12.1. The standard InChI is InChI=1S/C19H25N3O2S/c1-21(2)16-6-3-5-15(13-16)19(23)20-14-17(18-7-4-10-24-18)22-8-11-25-12-9-22/h3-7,10,13,17H,8-9,11-12,14H2,1-2H3,(H,20,23). The Morgan fingerprint density at radius 1 is 1.28 bits per heavy atom. The fourth-order valence-electron chi connectivity index (χ4n) is 3.00. The highest BCUT2D eigenvalue weighted by Gasteiger charge is 2.25. The molecule has 1 saturated heterocycles. The van der Waals surface area contributed by atoms with Gasteiger partial charge in [-0.2, -0.15) is 11.8 Å². The summed E-state index contributed by atoms with van der Waals surface area (Å²) in [6, 6.07) is 11.6. The number of carbonyl (C=O) groups is 1. The summed E-state index contributed by atoms with van der Waals surface area (Å²) in [7, 11) is 3.94. The van der Waals surface area contributed by atoms with E-state index in [2.05, 4.69) is 10.2 Å². The fraction of sp³-hybridized carbons (Fsp3) is 0.421. The smallest absolute Gasteiger partial charge is 0.251 e. The van der Waals surface area contributed by atoms with Gasteiger partial charge >= 0.3 is 0 Å². The number of hydrogen-bond acceptors (Lipinski definition) is 5. The molecule has 134 valence electrons. The molecule has 0 radical (unpaired) electrons. The Labute approximate surface area is 153 Å². The van der Waals surface area contributed by atoms with Crippen LogP contribution in [0.4, 0.5) is 5.69 Å². The third-order valence-electron chi connectivity index (χ3n) is 4.44. The highest BCUT2D eigenvalue weighted by atomic mass is 32.2. The molecule has 2 aromatic rings. The molecule has 1 aliphatic rings. The molecule has 2 heterocycles. The largest absolute Gasteiger partial charge is 0.468 e. The maximum absolute atomic E-state index is 12.6. The van der Waals surface area contributed by atoms with E-state index in [0.29, 0.717) is 12.1 Å². The molecule has 1 fully saturated rings. The van der Waals surface area contributed by atoms with Crippen molar-refractivity contribution in [1.29, 1.82) is 0 Å². The number of nitrogens with one attached hydrogen (secondary N) is 1. The third kappa shape index (κ3) is 4.58. The Hall–Kier alpha value is -1.92. The van der Waals surface area contributed by atoms with Crippen LogP contribution in [0.3, 0.4) is 0 Å². The number of furan rings is 1. The minimum Gasteiger partial charge on any atom is -0.468 e. The van der Waals surface area contributed by atoms with Crippen LogP contribution in [0.5, 0.6) is 0 Å². The summed E-state index contributed by atoms with van der Waals surface area (Å²) in [6.45, 7) is 2.58. The van der Waals surface area contributed by atoms with E-state index in [0.717, 1.165) is 36.0 Å². The summed E-state index contributed by atoms with van der Waals surface area (Å²) in [5.74, 6) is 3.10. The van der Waals surface area contributed by atoms with E-state index in [1.165, 1.54) is 0 Å². The van der Waals surface area contributed by atoms with Gasteiger partial charge in [0.1, 0.15) is 5.76 Å². The normalized spacial score (nSPS) is 16.4. The maximum Gasteiger partial charge on any atom is 0.251 e. The third-order valence-corrected chi connectivity index (χ3v) is 5.38. The van der Waals surface area contributed by atoms with Crippen LogP contribution in [0.1, 0.15) is 22.2 Å². The van der Waals surface area contributed by atoms with E-state index in [1.807, 2.05) is 67.2 Å². The Balaban J connectivity index is 1.68. The zero-order valence-corrected chi connectivity index (χ0v) is 15.6. The number of hydrogen-bond donors (Lipinski definition) is 1. The highest BCUT2D eigenvalue weighted by molar-refractivity contribution is 7.99. The van der Waals surface area contributed by atoms with Crippen molar-refractivity contribution < 1.29 is 9.21 Å². The number of carbonyl (C=O) groups excluding carboxylic acids is 1. The molecule has 0 bridgehead atoms. The molecular formula is C19H25N3O2S. The molecule has 1 aliphatic heterocycles. The van der Waals surface area contributed by atoms with Crippen LogP contribution in [-0.2, 0) is 0 Å². The van der Waals surface area contributed by atoms with Crippen molar-refractivity contribution in [3.8, 4) is 0 Å². The summed E-state index contributed by atoms with van der Waals surface area (Å²) in [4.78, 5) is 17.0. The lowest BCUT2D eigenvalue weighted by molar-refractivity contribution is 0.0929. The van der Waals surface area contributed by atoms with E-state index in [9.17, 15) is 4.79 Å². The van der Waals surface area contributed by atoms with Crippen LogP contribution in [-0.4, -0.2) is 56.0 Å². The predicted molar refractivity (Wildman–Crippen MR) is 103 cm³/mol. The summed E-state index contributed by atoms with van der Waals surface area (Å²) in [5.41, 5.74) is 1.70. The highest BCUT2D eigenvalue weighted by Crippen LogP contribution is 2.24. The summed E-state index contributed by atoms with van der Waals surface area (Å²) in [5, 5.41) is 3.08. The number of nitrogens with zero attached hydrogens (tertiary/aromatic N) is 2. The molecule has 3 rings (SSSR count). The van der Waals surface area contributed by atoms with Gasteiger partial charge in [0.05, 0.1) is 12.3 Å². The Morgan fingerprint density at radius 2 is 2.08 bits per heavy atom. The second-order valence-electron chi connectivity index (χ2n) is 6.33. The Morgan fingerprint density at radius 3 is 2.76 bits per heavy atom. The average Bonchev–Trinajstić information content (AvgIpc) is 3.17. The van der Waals surface area contributed by atoms with E-state index in [-0.39, 0.29) is 11.9 Å². The lowest BCUT2D eigenvalue weighted by Crippen LogP contribution is -2.41. The molecule has 5 nitrogen and oxygen atoms in total. The molecule has 0 saturated carbocycles. The predicted octanol–water partition coefficient (Wildman–Crippen LogP) is 2.87. The monoisotopic (exact) mass is 359 g/mol. The molecule has 0 aliphatic carbocycles. The lowest BCUT2D eigenvalue weighted by atomic mass is 10.1. The van der Waals surface area contributed by atoms with Gasteiger partial charge in [-0.1, -0.05) is 6.07 Å². The zero-order chi connectivity index (χ0) is 17.6. The van der Waals surface area contributed by atoms with Gasteiger partial charge in [-0.05, 0) is 30.3 Å². The first-order valence-electron chi connectivity index (χ1n) is 8.56. The van der Waals surface area contributed by atoms with Crippen LogP contribution in [0.25, 0.3) is 0 Å². The molecule has 1 aromatic carbocycles. The van der Waals surface area contributed by atoms with Gasteiger partial charge in [0.2, 0.25) is 0 Å². The fourth-order valence-corrected chi connectivity index (χ4v) is 3.93. The number of anilines is 1. The molecule has 0 spiro atoms. The number of thioether (sulfide) groups is 1. The van der Waals surface area contributed by atoms with Gasteiger partial charge in [-0.3, -0.25) is 9.69 Å².